The Balaban J connectivity index is 2.03. The van der Waals surface area contributed by atoms with E-state index in [1.807, 2.05) is 16.6 Å². The fourth-order valence-electron chi connectivity index (χ4n) is 2.45. The first kappa shape index (κ1) is 11.6. The van der Waals surface area contributed by atoms with E-state index in [4.69, 9.17) is 0 Å². The van der Waals surface area contributed by atoms with Crippen LogP contribution in [-0.2, 0) is 0 Å². The third-order valence-corrected chi connectivity index (χ3v) is 3.56. The van der Waals surface area contributed by atoms with E-state index in [1.165, 1.54) is 12.8 Å². The van der Waals surface area contributed by atoms with Crippen LogP contribution in [0, 0.1) is 0 Å². The van der Waals surface area contributed by atoms with Gasteiger partial charge in [0.2, 0.25) is 0 Å². The van der Waals surface area contributed by atoms with Crippen LogP contribution in [0.4, 0.5) is 0 Å². The van der Waals surface area contributed by atoms with Crippen LogP contribution >= 0.6 is 0 Å². The molecule has 1 saturated heterocycles. The summed E-state index contributed by atoms with van der Waals surface area (Å²) < 4.78 is 1.92. The van der Waals surface area contributed by atoms with Crippen LogP contribution in [0.25, 0.3) is 5.65 Å². The molecule has 3 rings (SSSR count). The van der Waals surface area contributed by atoms with Gasteiger partial charge in [-0.25, -0.2) is 0 Å². The molecule has 0 radical (unpaired) electrons. The maximum Gasteiger partial charge on any atom is 0.177 e. The molecule has 3 heterocycles. The summed E-state index contributed by atoms with van der Waals surface area (Å²) >= 11 is 0. The summed E-state index contributed by atoms with van der Waals surface area (Å²) in [7, 11) is 0. The van der Waals surface area contributed by atoms with Gasteiger partial charge in [0.25, 0.3) is 0 Å². The number of nitrogens with one attached hydrogen (secondary N) is 1. The monoisotopic (exact) mass is 245 g/mol. The van der Waals surface area contributed by atoms with Crippen molar-refractivity contribution < 1.29 is 0 Å². The van der Waals surface area contributed by atoms with Crippen LogP contribution in [0.15, 0.2) is 12.1 Å². The zero-order valence-electron chi connectivity index (χ0n) is 10.9. The lowest BCUT2D eigenvalue weighted by molar-refractivity contribution is 0.440. The average Bonchev–Trinajstić information content (AvgIpc) is 2.82. The van der Waals surface area contributed by atoms with Crippen molar-refractivity contribution in [2.24, 2.45) is 0 Å². The quantitative estimate of drug-likeness (QED) is 0.875. The molecule has 1 atom stereocenters. The molecule has 0 saturated carbocycles. The molecule has 1 N–H and O–H groups in total. The molecule has 1 aliphatic heterocycles. The van der Waals surface area contributed by atoms with Crippen molar-refractivity contribution in [3.63, 3.8) is 0 Å². The molecule has 2 aromatic rings. The van der Waals surface area contributed by atoms with Gasteiger partial charge >= 0.3 is 0 Å². The lowest BCUT2D eigenvalue weighted by Gasteiger charge is -2.20. The predicted molar refractivity (Wildman–Crippen MR) is 69.7 cm³/mol. The number of hydrogen-bond donors (Lipinski definition) is 1. The highest BCUT2D eigenvalue weighted by molar-refractivity contribution is 5.37. The second-order valence-electron chi connectivity index (χ2n) is 5.28. The molecule has 5 heteroatoms. The molecule has 0 amide bonds. The zero-order valence-corrected chi connectivity index (χ0v) is 10.9. The molecule has 5 nitrogen and oxygen atoms in total. The second kappa shape index (κ2) is 4.65. The molecule has 18 heavy (non-hydrogen) atoms. The first-order valence-electron chi connectivity index (χ1n) is 6.68. The molecule has 96 valence electrons. The summed E-state index contributed by atoms with van der Waals surface area (Å²) in [6, 6.07) is 4.05. The van der Waals surface area contributed by atoms with E-state index in [0.29, 0.717) is 11.8 Å². The van der Waals surface area contributed by atoms with Gasteiger partial charge in [-0.05, 0) is 37.4 Å². The van der Waals surface area contributed by atoms with E-state index in [1.54, 1.807) is 0 Å². The van der Waals surface area contributed by atoms with Crippen LogP contribution in [0.5, 0.6) is 0 Å². The Morgan fingerprint density at radius 2 is 2.22 bits per heavy atom. The van der Waals surface area contributed by atoms with Crippen molar-refractivity contribution in [3.05, 3.63) is 23.7 Å². The van der Waals surface area contributed by atoms with Crippen molar-refractivity contribution in [2.45, 2.75) is 38.5 Å². The number of nitrogens with zero attached hydrogens (tertiary/aromatic N) is 4. The van der Waals surface area contributed by atoms with Crippen LogP contribution in [0.2, 0.25) is 0 Å². The van der Waals surface area contributed by atoms with E-state index < -0.39 is 0 Å². The van der Waals surface area contributed by atoms with Gasteiger partial charge in [0.15, 0.2) is 11.5 Å². The number of aromatic nitrogens is 4. The first-order valence-corrected chi connectivity index (χ1v) is 6.68. The summed E-state index contributed by atoms with van der Waals surface area (Å²) in [5.74, 6) is 1.86. The smallest absolute Gasteiger partial charge is 0.177 e. The molecule has 0 bridgehead atoms. The topological polar surface area (TPSA) is 55.1 Å². The van der Waals surface area contributed by atoms with Gasteiger partial charge in [0, 0.05) is 12.5 Å². The predicted octanol–water partition coefficient (Wildman–Crippen LogP) is 1.71. The van der Waals surface area contributed by atoms with Crippen LogP contribution < -0.4 is 5.32 Å². The minimum atomic E-state index is 0.425. The van der Waals surface area contributed by atoms with Crippen LogP contribution in [0.1, 0.15) is 50.0 Å². The van der Waals surface area contributed by atoms with Gasteiger partial charge in [0.1, 0.15) is 0 Å². The Morgan fingerprint density at radius 1 is 1.33 bits per heavy atom. The lowest BCUT2D eigenvalue weighted by atomic mass is 9.99. The Kier molecular flexibility index (Phi) is 2.99. The molecule has 1 fully saturated rings. The fraction of sp³-hybridized carbons (Fsp3) is 0.615. The summed E-state index contributed by atoms with van der Waals surface area (Å²) in [6.45, 7) is 6.40. The van der Waals surface area contributed by atoms with E-state index in [9.17, 15) is 0 Å². The van der Waals surface area contributed by atoms with Crippen LogP contribution in [-0.4, -0.2) is 32.9 Å². The van der Waals surface area contributed by atoms with Gasteiger partial charge < -0.3 is 5.32 Å². The maximum absolute atomic E-state index is 4.67. The fourth-order valence-corrected chi connectivity index (χ4v) is 2.45. The summed E-state index contributed by atoms with van der Waals surface area (Å²) in [5, 5.41) is 16.6. The molecular weight excluding hydrogens is 226 g/mol. The van der Waals surface area contributed by atoms with E-state index in [2.05, 4.69) is 34.5 Å². The minimum absolute atomic E-state index is 0.425. The average molecular weight is 245 g/mol. The molecular formula is C13H19N5. The second-order valence-corrected chi connectivity index (χ2v) is 5.28. The van der Waals surface area contributed by atoms with E-state index >= 15 is 0 Å². The van der Waals surface area contributed by atoms with E-state index in [-0.39, 0.29) is 0 Å². The normalized spacial score (nSPS) is 20.7. The van der Waals surface area contributed by atoms with Crippen molar-refractivity contribution >= 4 is 5.65 Å². The number of hydrogen-bond acceptors (Lipinski definition) is 4. The van der Waals surface area contributed by atoms with Crippen molar-refractivity contribution in [2.75, 3.05) is 13.1 Å². The Hall–Kier alpha value is -1.49. The van der Waals surface area contributed by atoms with Crippen molar-refractivity contribution in [1.29, 1.82) is 0 Å². The van der Waals surface area contributed by atoms with Gasteiger partial charge in [-0.2, -0.15) is 9.61 Å². The molecule has 1 unspecified atom stereocenters. The first-order chi connectivity index (χ1) is 8.75. The highest BCUT2D eigenvalue weighted by Crippen LogP contribution is 2.22. The van der Waals surface area contributed by atoms with Crippen molar-refractivity contribution in [1.82, 2.24) is 25.1 Å². The standard InChI is InChI=1S/C13H19N5/c1-9(2)11-5-6-12-15-16-13(18(12)17-11)10-4-3-7-14-8-10/h5-6,9-10,14H,3-4,7-8H2,1-2H3. The lowest BCUT2D eigenvalue weighted by Crippen LogP contribution is -2.29. The third kappa shape index (κ3) is 1.99. The van der Waals surface area contributed by atoms with Gasteiger partial charge in [-0.1, -0.05) is 13.8 Å². The molecule has 2 aromatic heterocycles. The highest BCUT2D eigenvalue weighted by Gasteiger charge is 2.21. The number of piperidine rings is 1. The Morgan fingerprint density at radius 3 is 2.94 bits per heavy atom. The third-order valence-electron chi connectivity index (χ3n) is 3.56. The van der Waals surface area contributed by atoms with Gasteiger partial charge in [-0.15, -0.1) is 10.2 Å². The number of rotatable bonds is 2. The SMILES string of the molecule is CC(C)c1ccc2nnc(C3CCCNC3)n2n1. The molecule has 0 spiro atoms. The maximum atomic E-state index is 4.67. The molecule has 0 aromatic carbocycles. The molecule has 0 aliphatic carbocycles. The highest BCUT2D eigenvalue weighted by atomic mass is 15.4. The van der Waals surface area contributed by atoms with E-state index in [0.717, 1.165) is 30.3 Å². The Labute approximate surface area is 107 Å². The zero-order chi connectivity index (χ0) is 12.5. The summed E-state index contributed by atoms with van der Waals surface area (Å²) in [6.07, 6.45) is 2.37. The van der Waals surface area contributed by atoms with Crippen molar-refractivity contribution in [3.8, 4) is 0 Å². The van der Waals surface area contributed by atoms with Crippen LogP contribution in [0.3, 0.4) is 0 Å². The van der Waals surface area contributed by atoms with Gasteiger partial charge in [-0.3, -0.25) is 0 Å². The largest absolute Gasteiger partial charge is 0.316 e. The summed E-state index contributed by atoms with van der Waals surface area (Å²) in [5.41, 5.74) is 1.94. The minimum Gasteiger partial charge on any atom is -0.316 e. The Bertz CT molecular complexity index is 539. The summed E-state index contributed by atoms with van der Waals surface area (Å²) in [4.78, 5) is 0. The number of fused-ring (bicyclic) bond motifs is 1. The van der Waals surface area contributed by atoms with Gasteiger partial charge in [0.05, 0.1) is 5.69 Å². The molecule has 1 aliphatic rings.